The molecule has 0 aromatic carbocycles. The molecule has 11 heavy (non-hydrogen) atoms. The molecule has 1 saturated heterocycles. The summed E-state index contributed by atoms with van der Waals surface area (Å²) in [7, 11) is 1.54. The highest BCUT2D eigenvalue weighted by atomic mass is 16.6. The SMILES string of the molecule is COCC1(O)COCCOC1. The lowest BCUT2D eigenvalue weighted by Gasteiger charge is -2.23. The second kappa shape index (κ2) is 4.01. The number of methoxy groups -OCH3 is 1. The predicted molar refractivity (Wildman–Crippen MR) is 38.5 cm³/mol. The maximum absolute atomic E-state index is 9.68. The summed E-state index contributed by atoms with van der Waals surface area (Å²) < 4.78 is 15.0. The molecule has 0 radical (unpaired) electrons. The molecule has 0 saturated carbocycles. The molecule has 4 nitrogen and oxygen atoms in total. The van der Waals surface area contributed by atoms with Crippen LogP contribution in [0, 0.1) is 0 Å². The van der Waals surface area contributed by atoms with Crippen LogP contribution >= 0.6 is 0 Å². The Bertz CT molecular complexity index is 107. The van der Waals surface area contributed by atoms with E-state index in [1.54, 1.807) is 7.11 Å². The fourth-order valence-corrected chi connectivity index (χ4v) is 1.04. The van der Waals surface area contributed by atoms with Crippen molar-refractivity contribution in [2.45, 2.75) is 5.60 Å². The van der Waals surface area contributed by atoms with Crippen LogP contribution in [0.2, 0.25) is 0 Å². The number of aliphatic hydroxyl groups is 1. The third-order valence-corrected chi connectivity index (χ3v) is 1.53. The molecule has 1 heterocycles. The van der Waals surface area contributed by atoms with Crippen LogP contribution in [-0.2, 0) is 14.2 Å². The molecule has 0 atom stereocenters. The summed E-state index contributed by atoms with van der Waals surface area (Å²) in [6.07, 6.45) is 0. The van der Waals surface area contributed by atoms with Gasteiger partial charge < -0.3 is 19.3 Å². The van der Waals surface area contributed by atoms with Crippen molar-refractivity contribution in [3.63, 3.8) is 0 Å². The van der Waals surface area contributed by atoms with Gasteiger partial charge in [-0.15, -0.1) is 0 Å². The van der Waals surface area contributed by atoms with Gasteiger partial charge in [0.25, 0.3) is 0 Å². The zero-order chi connectivity index (χ0) is 8.16. The average molecular weight is 162 g/mol. The van der Waals surface area contributed by atoms with Crippen LogP contribution in [0.5, 0.6) is 0 Å². The Morgan fingerprint density at radius 2 is 1.91 bits per heavy atom. The molecule has 0 bridgehead atoms. The van der Waals surface area contributed by atoms with Gasteiger partial charge in [0.05, 0.1) is 33.0 Å². The van der Waals surface area contributed by atoms with E-state index >= 15 is 0 Å². The van der Waals surface area contributed by atoms with E-state index in [0.29, 0.717) is 26.4 Å². The Balaban J connectivity index is 2.38. The molecule has 0 unspecified atom stereocenters. The summed E-state index contributed by atoms with van der Waals surface area (Å²) in [6.45, 7) is 1.94. The van der Waals surface area contributed by atoms with Crippen molar-refractivity contribution in [3.8, 4) is 0 Å². The van der Waals surface area contributed by atoms with Crippen LogP contribution < -0.4 is 0 Å². The molecule has 0 aromatic rings. The number of rotatable bonds is 2. The molecule has 1 rings (SSSR count). The predicted octanol–water partition coefficient (Wildman–Crippen LogP) is -0.589. The van der Waals surface area contributed by atoms with Gasteiger partial charge in [-0.1, -0.05) is 0 Å². The van der Waals surface area contributed by atoms with Gasteiger partial charge in [-0.3, -0.25) is 0 Å². The lowest BCUT2D eigenvalue weighted by molar-refractivity contribution is -0.0956. The molecular weight excluding hydrogens is 148 g/mol. The van der Waals surface area contributed by atoms with Gasteiger partial charge in [-0.05, 0) is 0 Å². The standard InChI is InChI=1S/C7H14O4/c1-9-4-7(8)5-10-2-3-11-6-7/h8H,2-6H2,1H3. The van der Waals surface area contributed by atoms with Crippen molar-refractivity contribution < 1.29 is 19.3 Å². The van der Waals surface area contributed by atoms with Crippen molar-refractivity contribution in [1.29, 1.82) is 0 Å². The first-order valence-corrected chi connectivity index (χ1v) is 3.64. The summed E-state index contributed by atoms with van der Waals surface area (Å²) >= 11 is 0. The molecule has 1 fully saturated rings. The number of ether oxygens (including phenoxy) is 3. The van der Waals surface area contributed by atoms with Crippen LogP contribution in [0.25, 0.3) is 0 Å². The Morgan fingerprint density at radius 3 is 2.36 bits per heavy atom. The van der Waals surface area contributed by atoms with E-state index in [9.17, 15) is 5.11 Å². The van der Waals surface area contributed by atoms with Gasteiger partial charge in [0.2, 0.25) is 0 Å². The van der Waals surface area contributed by atoms with Crippen LogP contribution in [0.4, 0.5) is 0 Å². The molecule has 4 heteroatoms. The van der Waals surface area contributed by atoms with E-state index in [1.165, 1.54) is 0 Å². The number of hydrogen-bond donors (Lipinski definition) is 1. The largest absolute Gasteiger partial charge is 0.383 e. The molecular formula is C7H14O4. The lowest BCUT2D eigenvalue weighted by Crippen LogP contribution is -2.42. The zero-order valence-corrected chi connectivity index (χ0v) is 6.71. The molecule has 1 N–H and O–H groups in total. The molecule has 1 aliphatic heterocycles. The Kier molecular flexibility index (Phi) is 3.26. The van der Waals surface area contributed by atoms with E-state index in [-0.39, 0.29) is 6.61 Å². The fourth-order valence-electron chi connectivity index (χ4n) is 1.04. The zero-order valence-electron chi connectivity index (χ0n) is 6.71. The van der Waals surface area contributed by atoms with E-state index in [1.807, 2.05) is 0 Å². The topological polar surface area (TPSA) is 47.9 Å². The van der Waals surface area contributed by atoms with E-state index < -0.39 is 5.60 Å². The van der Waals surface area contributed by atoms with Gasteiger partial charge in [0.1, 0.15) is 5.60 Å². The average Bonchev–Trinajstić information content (AvgIpc) is 2.15. The summed E-state index contributed by atoms with van der Waals surface area (Å²) in [5.74, 6) is 0. The van der Waals surface area contributed by atoms with Gasteiger partial charge in [-0.2, -0.15) is 0 Å². The lowest BCUT2D eigenvalue weighted by atomic mass is 10.1. The molecule has 0 amide bonds. The smallest absolute Gasteiger partial charge is 0.134 e. The monoisotopic (exact) mass is 162 g/mol. The van der Waals surface area contributed by atoms with E-state index in [4.69, 9.17) is 14.2 Å². The maximum Gasteiger partial charge on any atom is 0.134 e. The Hall–Kier alpha value is -0.160. The van der Waals surface area contributed by atoms with Crippen LogP contribution in [-0.4, -0.2) is 50.9 Å². The van der Waals surface area contributed by atoms with Gasteiger partial charge >= 0.3 is 0 Å². The minimum Gasteiger partial charge on any atom is -0.383 e. The minimum absolute atomic E-state index is 0.257. The van der Waals surface area contributed by atoms with Gasteiger partial charge in [0.15, 0.2) is 0 Å². The quantitative estimate of drug-likeness (QED) is 0.589. The van der Waals surface area contributed by atoms with E-state index in [0.717, 1.165) is 0 Å². The first-order valence-electron chi connectivity index (χ1n) is 3.64. The summed E-state index contributed by atoms with van der Waals surface area (Å²) in [5, 5.41) is 9.68. The first-order chi connectivity index (χ1) is 5.27. The molecule has 1 aliphatic rings. The maximum atomic E-state index is 9.68. The minimum atomic E-state index is -0.953. The Labute approximate surface area is 66.1 Å². The first kappa shape index (κ1) is 8.93. The highest BCUT2D eigenvalue weighted by Gasteiger charge is 2.29. The highest BCUT2D eigenvalue weighted by Crippen LogP contribution is 2.09. The second-order valence-electron chi connectivity index (χ2n) is 2.76. The van der Waals surface area contributed by atoms with Crippen molar-refractivity contribution in [2.75, 3.05) is 40.1 Å². The van der Waals surface area contributed by atoms with Crippen molar-refractivity contribution >= 4 is 0 Å². The summed E-state index contributed by atoms with van der Waals surface area (Å²) in [5.41, 5.74) is -0.953. The third-order valence-electron chi connectivity index (χ3n) is 1.53. The normalized spacial score (nSPS) is 24.5. The fraction of sp³-hybridized carbons (Fsp3) is 1.00. The summed E-state index contributed by atoms with van der Waals surface area (Å²) in [4.78, 5) is 0. The van der Waals surface area contributed by atoms with Crippen LogP contribution in [0.3, 0.4) is 0 Å². The second-order valence-corrected chi connectivity index (χ2v) is 2.76. The third kappa shape index (κ3) is 2.75. The molecule has 0 spiro atoms. The van der Waals surface area contributed by atoms with E-state index in [2.05, 4.69) is 0 Å². The van der Waals surface area contributed by atoms with Crippen molar-refractivity contribution in [1.82, 2.24) is 0 Å². The van der Waals surface area contributed by atoms with Crippen molar-refractivity contribution in [3.05, 3.63) is 0 Å². The number of hydrogen-bond acceptors (Lipinski definition) is 4. The van der Waals surface area contributed by atoms with Crippen LogP contribution in [0.15, 0.2) is 0 Å². The molecule has 0 aromatic heterocycles. The van der Waals surface area contributed by atoms with Gasteiger partial charge in [0, 0.05) is 7.11 Å². The van der Waals surface area contributed by atoms with Crippen molar-refractivity contribution in [2.24, 2.45) is 0 Å². The summed E-state index contributed by atoms with van der Waals surface area (Å²) in [6, 6.07) is 0. The molecule has 66 valence electrons. The Morgan fingerprint density at radius 1 is 1.36 bits per heavy atom. The highest BCUT2D eigenvalue weighted by molar-refractivity contribution is 4.78. The van der Waals surface area contributed by atoms with Crippen LogP contribution in [0.1, 0.15) is 0 Å². The van der Waals surface area contributed by atoms with Gasteiger partial charge in [-0.25, -0.2) is 0 Å². The molecule has 0 aliphatic carbocycles.